The molecule has 0 aliphatic heterocycles. The molecule has 0 spiro atoms. The highest BCUT2D eigenvalue weighted by molar-refractivity contribution is 7.98. The van der Waals surface area contributed by atoms with Crippen molar-refractivity contribution in [2.24, 2.45) is 0 Å². The van der Waals surface area contributed by atoms with Gasteiger partial charge >= 0.3 is 0 Å². The van der Waals surface area contributed by atoms with Crippen molar-refractivity contribution in [1.29, 1.82) is 0 Å². The van der Waals surface area contributed by atoms with E-state index in [2.05, 4.69) is 31.3 Å². The molecule has 2 rings (SSSR count). The maximum atomic E-state index is 6.35. The van der Waals surface area contributed by atoms with Gasteiger partial charge in [-0.2, -0.15) is 0 Å². The lowest BCUT2D eigenvalue weighted by molar-refractivity contribution is 0.585. The number of hydrogen-bond donors (Lipinski definition) is 1. The number of nitrogens with one attached hydrogen (secondary N) is 1. The molecule has 0 aliphatic carbocycles. The zero-order valence-electron chi connectivity index (χ0n) is 12.2. The van der Waals surface area contributed by atoms with Crippen LogP contribution in [0.5, 0.6) is 0 Å². The molecule has 21 heavy (non-hydrogen) atoms. The van der Waals surface area contributed by atoms with Crippen LogP contribution in [0.15, 0.2) is 47.4 Å². The van der Waals surface area contributed by atoms with Gasteiger partial charge in [0, 0.05) is 33.3 Å². The molecular weight excluding hydrogens is 321 g/mol. The molecular formula is C17H19Cl2NS. The van der Waals surface area contributed by atoms with Gasteiger partial charge in [-0.3, -0.25) is 0 Å². The average Bonchev–Trinajstić information content (AvgIpc) is 2.45. The van der Waals surface area contributed by atoms with Crippen molar-refractivity contribution in [3.63, 3.8) is 0 Å². The quantitative estimate of drug-likeness (QED) is 0.669. The number of thioether (sulfide) groups is 1. The van der Waals surface area contributed by atoms with E-state index in [9.17, 15) is 0 Å². The van der Waals surface area contributed by atoms with Crippen LogP contribution in [0.25, 0.3) is 0 Å². The monoisotopic (exact) mass is 339 g/mol. The van der Waals surface area contributed by atoms with Gasteiger partial charge in [0.2, 0.25) is 0 Å². The van der Waals surface area contributed by atoms with Crippen molar-refractivity contribution in [3.8, 4) is 0 Å². The van der Waals surface area contributed by atoms with Crippen LogP contribution >= 0.6 is 35.0 Å². The number of hydrogen-bond acceptors (Lipinski definition) is 2. The Kier molecular flexibility index (Phi) is 6.43. The Bertz CT molecular complexity index is 599. The first kappa shape index (κ1) is 16.7. The van der Waals surface area contributed by atoms with E-state index in [1.807, 2.05) is 30.3 Å². The van der Waals surface area contributed by atoms with E-state index in [0.29, 0.717) is 6.04 Å². The molecule has 0 aromatic heterocycles. The van der Waals surface area contributed by atoms with Crippen molar-refractivity contribution in [2.45, 2.75) is 37.1 Å². The minimum atomic E-state index is 0.433. The highest BCUT2D eigenvalue weighted by Gasteiger charge is 2.09. The summed E-state index contributed by atoms with van der Waals surface area (Å²) in [7, 11) is 0. The second-order valence-electron chi connectivity index (χ2n) is 5.13. The van der Waals surface area contributed by atoms with Crippen molar-refractivity contribution in [1.82, 2.24) is 5.32 Å². The third-order valence-electron chi connectivity index (χ3n) is 3.10. The van der Waals surface area contributed by atoms with Crippen LogP contribution in [0.3, 0.4) is 0 Å². The van der Waals surface area contributed by atoms with Crippen LogP contribution in [0.1, 0.15) is 25.0 Å². The van der Waals surface area contributed by atoms with Crippen LogP contribution in [-0.2, 0) is 12.3 Å². The summed E-state index contributed by atoms with van der Waals surface area (Å²) in [6, 6.07) is 14.4. The molecule has 0 saturated heterocycles. The number of benzene rings is 2. The van der Waals surface area contributed by atoms with Crippen LogP contribution in [0, 0.1) is 0 Å². The van der Waals surface area contributed by atoms with E-state index in [1.54, 1.807) is 11.8 Å². The Morgan fingerprint density at radius 3 is 2.43 bits per heavy atom. The van der Waals surface area contributed by atoms with Gasteiger partial charge in [-0.25, -0.2) is 0 Å². The van der Waals surface area contributed by atoms with Crippen molar-refractivity contribution in [3.05, 3.63) is 63.6 Å². The van der Waals surface area contributed by atoms with E-state index >= 15 is 0 Å². The predicted molar refractivity (Wildman–Crippen MR) is 94.4 cm³/mol. The van der Waals surface area contributed by atoms with Crippen LogP contribution in [-0.4, -0.2) is 6.04 Å². The highest BCUT2D eigenvalue weighted by atomic mass is 35.5. The molecule has 2 aromatic rings. The molecule has 0 heterocycles. The lowest BCUT2D eigenvalue weighted by atomic mass is 10.2. The fourth-order valence-electron chi connectivity index (χ4n) is 1.92. The Morgan fingerprint density at radius 2 is 1.71 bits per heavy atom. The van der Waals surface area contributed by atoms with Gasteiger partial charge in [-0.1, -0.05) is 61.3 Å². The second kappa shape index (κ2) is 8.09. The molecule has 0 fully saturated rings. The largest absolute Gasteiger partial charge is 0.310 e. The molecule has 0 bridgehead atoms. The van der Waals surface area contributed by atoms with Crippen LogP contribution in [0.2, 0.25) is 10.0 Å². The molecule has 0 saturated carbocycles. The molecule has 0 atom stereocenters. The van der Waals surface area contributed by atoms with Gasteiger partial charge in [0.15, 0.2) is 0 Å². The molecule has 2 aromatic carbocycles. The normalized spacial score (nSPS) is 11.1. The minimum Gasteiger partial charge on any atom is -0.310 e. The maximum Gasteiger partial charge on any atom is 0.0462 e. The third-order valence-corrected chi connectivity index (χ3v) is 4.98. The average molecular weight is 340 g/mol. The summed E-state index contributed by atoms with van der Waals surface area (Å²) in [5.41, 5.74) is 2.30. The predicted octanol–water partition coefficient (Wildman–Crippen LogP) is 5.78. The van der Waals surface area contributed by atoms with Gasteiger partial charge < -0.3 is 5.32 Å². The highest BCUT2D eigenvalue weighted by Crippen LogP contribution is 2.32. The summed E-state index contributed by atoms with van der Waals surface area (Å²) in [6.45, 7) is 5.04. The van der Waals surface area contributed by atoms with Gasteiger partial charge in [-0.15, -0.1) is 11.8 Å². The summed E-state index contributed by atoms with van der Waals surface area (Å²) < 4.78 is 0. The second-order valence-corrected chi connectivity index (χ2v) is 6.96. The number of rotatable bonds is 6. The standard InChI is InChI=1S/C17H19Cl2NS/c1-12(2)20-10-14-16(19)8-5-9-17(14)21-11-13-6-3-4-7-15(13)18/h3-9,12,20H,10-11H2,1-2H3. The van der Waals surface area contributed by atoms with E-state index in [0.717, 1.165) is 33.5 Å². The molecule has 0 unspecified atom stereocenters. The van der Waals surface area contributed by atoms with Gasteiger partial charge in [0.05, 0.1) is 0 Å². The van der Waals surface area contributed by atoms with E-state index in [1.165, 1.54) is 4.90 Å². The fourth-order valence-corrected chi connectivity index (χ4v) is 3.60. The smallest absolute Gasteiger partial charge is 0.0462 e. The molecule has 1 nitrogen and oxygen atoms in total. The first-order valence-electron chi connectivity index (χ1n) is 6.95. The number of halogens is 2. The van der Waals surface area contributed by atoms with Gasteiger partial charge in [-0.05, 0) is 29.3 Å². The third kappa shape index (κ3) is 4.93. The maximum absolute atomic E-state index is 6.35. The van der Waals surface area contributed by atoms with E-state index in [4.69, 9.17) is 23.2 Å². The zero-order chi connectivity index (χ0) is 15.2. The SMILES string of the molecule is CC(C)NCc1c(Cl)cccc1SCc1ccccc1Cl. The van der Waals surface area contributed by atoms with Crippen molar-refractivity contribution >= 4 is 35.0 Å². The molecule has 0 radical (unpaired) electrons. The van der Waals surface area contributed by atoms with E-state index in [-0.39, 0.29) is 0 Å². The van der Waals surface area contributed by atoms with Gasteiger partial charge in [0.25, 0.3) is 0 Å². The summed E-state index contributed by atoms with van der Waals surface area (Å²) in [5, 5.41) is 5.05. The first-order chi connectivity index (χ1) is 10.1. The van der Waals surface area contributed by atoms with E-state index < -0.39 is 0 Å². The Morgan fingerprint density at radius 1 is 1.00 bits per heavy atom. The Balaban J connectivity index is 2.12. The van der Waals surface area contributed by atoms with Gasteiger partial charge in [0.1, 0.15) is 0 Å². The summed E-state index contributed by atoms with van der Waals surface area (Å²) in [6.07, 6.45) is 0. The summed E-state index contributed by atoms with van der Waals surface area (Å²) >= 11 is 14.3. The first-order valence-corrected chi connectivity index (χ1v) is 8.69. The lowest BCUT2D eigenvalue weighted by Gasteiger charge is -2.14. The lowest BCUT2D eigenvalue weighted by Crippen LogP contribution is -2.22. The molecule has 0 amide bonds. The van der Waals surface area contributed by atoms with Crippen LogP contribution in [0.4, 0.5) is 0 Å². The van der Waals surface area contributed by atoms with Crippen molar-refractivity contribution in [2.75, 3.05) is 0 Å². The Hall–Kier alpha value is -0.670. The molecule has 112 valence electrons. The minimum absolute atomic E-state index is 0.433. The molecule has 0 aliphatic rings. The Labute approximate surface area is 141 Å². The van der Waals surface area contributed by atoms with Crippen LogP contribution < -0.4 is 5.32 Å². The summed E-state index contributed by atoms with van der Waals surface area (Å²) in [5.74, 6) is 0.842. The fraction of sp³-hybridized carbons (Fsp3) is 0.294. The topological polar surface area (TPSA) is 12.0 Å². The summed E-state index contributed by atoms with van der Waals surface area (Å²) in [4.78, 5) is 1.20. The molecule has 4 heteroatoms. The zero-order valence-corrected chi connectivity index (χ0v) is 14.5. The molecule has 1 N–H and O–H groups in total. The van der Waals surface area contributed by atoms with Crippen molar-refractivity contribution < 1.29 is 0 Å².